The molecule has 0 aliphatic carbocycles. The molecule has 1 N–H and O–H groups in total. The Morgan fingerprint density at radius 3 is 2.53 bits per heavy atom. The second-order valence-electron chi connectivity index (χ2n) is 4.30. The Morgan fingerprint density at radius 1 is 1.32 bits per heavy atom. The van der Waals surface area contributed by atoms with Gasteiger partial charge in [-0.3, -0.25) is 0 Å². The van der Waals surface area contributed by atoms with Crippen LogP contribution in [0.1, 0.15) is 19.8 Å². The van der Waals surface area contributed by atoms with Crippen molar-refractivity contribution in [2.75, 3.05) is 18.1 Å². The van der Waals surface area contributed by atoms with Crippen LogP contribution in [0.5, 0.6) is 5.75 Å². The molecule has 1 unspecified atom stereocenters. The first kappa shape index (κ1) is 16.3. The highest BCUT2D eigenvalue weighted by Crippen LogP contribution is 2.16. The molecular formula is C13H19ClO4S. The van der Waals surface area contributed by atoms with Crippen molar-refractivity contribution in [3.8, 4) is 5.75 Å². The Bertz CT molecular complexity index is 470. The quantitative estimate of drug-likeness (QED) is 0.800. The van der Waals surface area contributed by atoms with Crippen LogP contribution in [0.4, 0.5) is 0 Å². The highest BCUT2D eigenvalue weighted by atomic mass is 35.5. The predicted molar refractivity (Wildman–Crippen MR) is 76.5 cm³/mol. The first-order valence-corrected chi connectivity index (χ1v) is 8.39. The number of hydrogen-bond acceptors (Lipinski definition) is 4. The van der Waals surface area contributed by atoms with Gasteiger partial charge in [-0.05, 0) is 37.1 Å². The molecule has 0 aliphatic heterocycles. The zero-order valence-electron chi connectivity index (χ0n) is 10.9. The lowest BCUT2D eigenvalue weighted by molar-refractivity contribution is 0.0995. The summed E-state index contributed by atoms with van der Waals surface area (Å²) in [4.78, 5) is 0. The third kappa shape index (κ3) is 6.80. The van der Waals surface area contributed by atoms with E-state index in [0.29, 0.717) is 23.6 Å². The first-order valence-electron chi connectivity index (χ1n) is 6.20. The highest BCUT2D eigenvalue weighted by Gasteiger charge is 2.10. The van der Waals surface area contributed by atoms with Crippen LogP contribution in [0.3, 0.4) is 0 Å². The van der Waals surface area contributed by atoms with Crippen LogP contribution in [-0.2, 0) is 9.84 Å². The molecule has 0 aromatic heterocycles. The molecule has 1 rings (SSSR count). The minimum absolute atomic E-state index is 0.113. The van der Waals surface area contributed by atoms with Crippen LogP contribution in [0.25, 0.3) is 0 Å². The molecule has 0 amide bonds. The van der Waals surface area contributed by atoms with Gasteiger partial charge in [0.2, 0.25) is 0 Å². The number of aliphatic hydroxyl groups excluding tert-OH is 1. The van der Waals surface area contributed by atoms with E-state index < -0.39 is 15.9 Å². The van der Waals surface area contributed by atoms with E-state index in [2.05, 4.69) is 0 Å². The van der Waals surface area contributed by atoms with Crippen molar-refractivity contribution in [2.24, 2.45) is 0 Å². The lowest BCUT2D eigenvalue weighted by Crippen LogP contribution is -2.19. The molecule has 1 atom stereocenters. The summed E-state index contributed by atoms with van der Waals surface area (Å²) in [5, 5.41) is 10.3. The van der Waals surface area contributed by atoms with Gasteiger partial charge < -0.3 is 9.84 Å². The van der Waals surface area contributed by atoms with E-state index in [1.54, 1.807) is 31.2 Å². The largest absolute Gasteiger partial charge is 0.491 e. The maximum atomic E-state index is 11.3. The van der Waals surface area contributed by atoms with E-state index in [4.69, 9.17) is 16.3 Å². The lowest BCUT2D eigenvalue weighted by Gasteiger charge is -2.12. The normalized spacial score (nSPS) is 13.2. The van der Waals surface area contributed by atoms with Gasteiger partial charge in [-0.2, -0.15) is 0 Å². The summed E-state index contributed by atoms with van der Waals surface area (Å²) in [5.74, 6) is 0.885. The topological polar surface area (TPSA) is 63.6 Å². The summed E-state index contributed by atoms with van der Waals surface area (Å²) < 4.78 is 27.9. The van der Waals surface area contributed by atoms with Crippen LogP contribution in [0.15, 0.2) is 24.3 Å². The fraction of sp³-hybridized carbons (Fsp3) is 0.538. The molecule has 6 heteroatoms. The maximum absolute atomic E-state index is 11.3. The zero-order valence-corrected chi connectivity index (χ0v) is 12.5. The first-order chi connectivity index (χ1) is 8.93. The van der Waals surface area contributed by atoms with Crippen LogP contribution >= 0.6 is 11.6 Å². The number of hydrogen-bond donors (Lipinski definition) is 1. The summed E-state index contributed by atoms with van der Waals surface area (Å²) in [6.07, 6.45) is 0.191. The molecule has 0 radical (unpaired) electrons. The van der Waals surface area contributed by atoms with Crippen molar-refractivity contribution >= 4 is 21.4 Å². The van der Waals surface area contributed by atoms with Gasteiger partial charge >= 0.3 is 0 Å². The van der Waals surface area contributed by atoms with E-state index in [1.165, 1.54) is 0 Å². The van der Waals surface area contributed by atoms with E-state index in [9.17, 15) is 13.5 Å². The van der Waals surface area contributed by atoms with Gasteiger partial charge in [0.05, 0.1) is 11.9 Å². The summed E-state index contributed by atoms with van der Waals surface area (Å²) >= 11 is 5.74. The molecule has 0 heterocycles. The van der Waals surface area contributed by atoms with Gasteiger partial charge in [0.25, 0.3) is 0 Å². The van der Waals surface area contributed by atoms with E-state index in [-0.39, 0.29) is 18.1 Å². The number of halogens is 1. The van der Waals surface area contributed by atoms with Crippen LogP contribution in [0, 0.1) is 0 Å². The lowest BCUT2D eigenvalue weighted by atomic mass is 10.2. The van der Waals surface area contributed by atoms with Crippen molar-refractivity contribution in [3.63, 3.8) is 0 Å². The second kappa shape index (κ2) is 7.72. The van der Waals surface area contributed by atoms with Gasteiger partial charge in [-0.25, -0.2) is 8.42 Å². The SMILES string of the molecule is CCS(=O)(=O)CCCC(O)COc1ccc(Cl)cc1. The molecule has 0 bridgehead atoms. The van der Waals surface area contributed by atoms with Crippen molar-refractivity contribution < 1.29 is 18.3 Å². The van der Waals surface area contributed by atoms with E-state index in [0.717, 1.165) is 0 Å². The zero-order chi connectivity index (χ0) is 14.3. The summed E-state index contributed by atoms with van der Waals surface area (Å²) in [7, 11) is -2.95. The fourth-order valence-electron chi connectivity index (χ4n) is 1.49. The Kier molecular flexibility index (Phi) is 6.62. The average Bonchev–Trinajstić information content (AvgIpc) is 2.38. The predicted octanol–water partition coefficient (Wildman–Crippen LogP) is 2.29. The van der Waals surface area contributed by atoms with E-state index >= 15 is 0 Å². The number of rotatable bonds is 8. The Hall–Kier alpha value is -0.780. The molecule has 1 aromatic carbocycles. The molecule has 4 nitrogen and oxygen atoms in total. The molecule has 0 spiro atoms. The molecule has 1 aromatic rings. The number of benzene rings is 1. The van der Waals surface area contributed by atoms with Gasteiger partial charge in [-0.1, -0.05) is 18.5 Å². The second-order valence-corrected chi connectivity index (χ2v) is 7.21. The van der Waals surface area contributed by atoms with Gasteiger partial charge in [0, 0.05) is 10.8 Å². The summed E-state index contributed by atoms with van der Waals surface area (Å²) in [6, 6.07) is 6.85. The Morgan fingerprint density at radius 2 is 1.95 bits per heavy atom. The number of aliphatic hydroxyl groups is 1. The Labute approximate surface area is 119 Å². The van der Waals surface area contributed by atoms with Crippen molar-refractivity contribution in [2.45, 2.75) is 25.9 Å². The monoisotopic (exact) mass is 306 g/mol. The standard InChI is InChI=1S/C13H19ClO4S/c1-2-19(16,17)9-3-4-12(15)10-18-13-7-5-11(14)6-8-13/h5-8,12,15H,2-4,9-10H2,1H3. The van der Waals surface area contributed by atoms with Crippen LogP contribution in [0.2, 0.25) is 5.02 Å². The number of ether oxygens (including phenoxy) is 1. The third-order valence-corrected chi connectivity index (χ3v) is 4.73. The molecular weight excluding hydrogens is 288 g/mol. The molecule has 0 saturated carbocycles. The van der Waals surface area contributed by atoms with Crippen LogP contribution < -0.4 is 4.74 Å². The summed E-state index contributed by atoms with van der Waals surface area (Å²) in [6.45, 7) is 1.77. The Balaban J connectivity index is 2.24. The third-order valence-electron chi connectivity index (χ3n) is 2.69. The smallest absolute Gasteiger partial charge is 0.150 e. The van der Waals surface area contributed by atoms with Crippen molar-refractivity contribution in [1.29, 1.82) is 0 Å². The van der Waals surface area contributed by atoms with Gasteiger partial charge in [0.1, 0.15) is 22.2 Å². The molecule has 0 fully saturated rings. The van der Waals surface area contributed by atoms with E-state index in [1.807, 2.05) is 0 Å². The molecule has 0 saturated heterocycles. The fourth-order valence-corrected chi connectivity index (χ4v) is 2.51. The minimum Gasteiger partial charge on any atom is -0.491 e. The molecule has 0 aliphatic rings. The minimum atomic E-state index is -2.95. The average molecular weight is 307 g/mol. The summed E-state index contributed by atoms with van der Waals surface area (Å²) in [5.41, 5.74) is 0. The van der Waals surface area contributed by atoms with Crippen molar-refractivity contribution in [1.82, 2.24) is 0 Å². The van der Waals surface area contributed by atoms with Gasteiger partial charge in [0.15, 0.2) is 0 Å². The number of sulfone groups is 1. The molecule has 19 heavy (non-hydrogen) atoms. The maximum Gasteiger partial charge on any atom is 0.150 e. The van der Waals surface area contributed by atoms with Crippen molar-refractivity contribution in [3.05, 3.63) is 29.3 Å². The van der Waals surface area contributed by atoms with Gasteiger partial charge in [-0.15, -0.1) is 0 Å². The molecule has 108 valence electrons. The highest BCUT2D eigenvalue weighted by molar-refractivity contribution is 7.91. The van der Waals surface area contributed by atoms with Crippen LogP contribution in [-0.4, -0.2) is 37.7 Å².